The number of hydrogen-bond acceptors (Lipinski definition) is 7. The van der Waals surface area contributed by atoms with Crippen molar-refractivity contribution in [2.45, 2.75) is 24.5 Å². The summed E-state index contributed by atoms with van der Waals surface area (Å²) in [7, 11) is 0. The van der Waals surface area contributed by atoms with Crippen molar-refractivity contribution in [1.82, 2.24) is 20.9 Å². The van der Waals surface area contributed by atoms with Crippen LogP contribution in [0.25, 0.3) is 10.9 Å². The third kappa shape index (κ3) is 6.50. The maximum absolute atomic E-state index is 12.6. The Balaban J connectivity index is 2.19. The van der Waals surface area contributed by atoms with Crippen molar-refractivity contribution in [2.75, 3.05) is 19.8 Å². The van der Waals surface area contributed by atoms with Gasteiger partial charge >= 0.3 is 5.97 Å². The molecule has 0 saturated heterocycles. The number of H-pyrrole nitrogens is 1. The third-order valence-corrected chi connectivity index (χ3v) is 4.49. The maximum Gasteiger partial charge on any atom is 0.322 e. The van der Waals surface area contributed by atoms with Crippen molar-refractivity contribution < 1.29 is 34.5 Å². The first-order valence-corrected chi connectivity index (χ1v) is 9.39. The Kier molecular flexibility index (Phi) is 8.49. The highest BCUT2D eigenvalue weighted by atomic mass is 16.4. The quantitative estimate of drug-likeness (QED) is 0.184. The number of para-hydroxylation sites is 1. The van der Waals surface area contributed by atoms with E-state index in [0.29, 0.717) is 5.56 Å². The molecular formula is C19H25N5O7. The number of carbonyl (C=O) groups is 4. The van der Waals surface area contributed by atoms with E-state index in [-0.39, 0.29) is 6.42 Å². The zero-order chi connectivity index (χ0) is 23.0. The van der Waals surface area contributed by atoms with Crippen molar-refractivity contribution in [3.63, 3.8) is 0 Å². The standard InChI is InChI=1S/C19H25N5O7/c20-12(8-25)17(29)24-15(9-26)19(31)23-14(18(30)22-7-16(27)28)5-10-6-21-13-4-2-1-3-11(10)13/h1-4,6,12,14-15,21,25-26H,5,7-9,20H2,(H,22,30)(H,23,31)(H,24,29)(H,27,28). The maximum atomic E-state index is 12.6. The lowest BCUT2D eigenvalue weighted by Gasteiger charge is -2.22. The summed E-state index contributed by atoms with van der Waals surface area (Å²) in [5.74, 6) is -3.75. The number of aliphatic carboxylic acids is 1. The zero-order valence-electron chi connectivity index (χ0n) is 16.5. The number of carboxylic acid groups (broad SMARTS) is 1. The predicted octanol–water partition coefficient (Wildman–Crippen LogP) is -2.81. The first-order valence-electron chi connectivity index (χ1n) is 9.39. The molecule has 9 N–H and O–H groups in total. The van der Waals surface area contributed by atoms with Crippen LogP contribution >= 0.6 is 0 Å². The molecule has 0 spiro atoms. The van der Waals surface area contributed by atoms with Crippen LogP contribution in [0.3, 0.4) is 0 Å². The topological polar surface area (TPSA) is 207 Å². The fourth-order valence-corrected chi connectivity index (χ4v) is 2.84. The van der Waals surface area contributed by atoms with Crippen molar-refractivity contribution in [1.29, 1.82) is 0 Å². The summed E-state index contributed by atoms with van der Waals surface area (Å²) >= 11 is 0. The number of fused-ring (bicyclic) bond motifs is 1. The van der Waals surface area contributed by atoms with Crippen LogP contribution < -0.4 is 21.7 Å². The lowest BCUT2D eigenvalue weighted by atomic mass is 10.0. The molecule has 0 aliphatic heterocycles. The Hall–Kier alpha value is -3.48. The smallest absolute Gasteiger partial charge is 0.322 e. The minimum Gasteiger partial charge on any atom is -0.480 e. The fraction of sp³-hybridized carbons (Fsp3) is 0.368. The van der Waals surface area contributed by atoms with Crippen LogP contribution in [0, 0.1) is 0 Å². The number of nitrogens with two attached hydrogens (primary N) is 1. The van der Waals surface area contributed by atoms with Gasteiger partial charge < -0.3 is 42.0 Å². The van der Waals surface area contributed by atoms with E-state index < -0.39 is 61.6 Å². The second kappa shape index (κ2) is 11.1. The molecule has 0 radical (unpaired) electrons. The van der Waals surface area contributed by atoms with Gasteiger partial charge in [-0.25, -0.2) is 0 Å². The van der Waals surface area contributed by atoms with Crippen LogP contribution in [0.15, 0.2) is 30.5 Å². The van der Waals surface area contributed by atoms with E-state index in [0.717, 1.165) is 10.9 Å². The summed E-state index contributed by atoms with van der Waals surface area (Å²) in [6.07, 6.45) is 1.68. The lowest BCUT2D eigenvalue weighted by Crippen LogP contribution is -2.58. The van der Waals surface area contributed by atoms with Crippen LogP contribution in [-0.2, 0) is 25.6 Å². The summed E-state index contributed by atoms with van der Waals surface area (Å²) in [6.45, 7) is -2.09. The minimum atomic E-state index is -1.43. The number of carbonyl (C=O) groups excluding carboxylic acids is 3. The highest BCUT2D eigenvalue weighted by molar-refractivity contribution is 5.94. The largest absolute Gasteiger partial charge is 0.480 e. The molecule has 0 aliphatic rings. The lowest BCUT2D eigenvalue weighted by molar-refractivity contribution is -0.138. The number of carboxylic acids is 1. The molecule has 1 aromatic carbocycles. The first kappa shape index (κ1) is 23.8. The Labute approximate surface area is 176 Å². The van der Waals surface area contributed by atoms with Crippen molar-refractivity contribution in [2.24, 2.45) is 5.73 Å². The van der Waals surface area contributed by atoms with Crippen LogP contribution in [-0.4, -0.2) is 81.9 Å². The molecule has 1 heterocycles. The van der Waals surface area contributed by atoms with Gasteiger partial charge in [0.1, 0.15) is 24.7 Å². The number of benzene rings is 1. The SMILES string of the molecule is NC(CO)C(=O)NC(CO)C(=O)NC(Cc1c[nH]c2ccccc12)C(=O)NCC(=O)O. The molecule has 0 aliphatic carbocycles. The Morgan fingerprint density at radius 2 is 1.65 bits per heavy atom. The molecule has 12 nitrogen and oxygen atoms in total. The Morgan fingerprint density at radius 3 is 2.29 bits per heavy atom. The molecule has 12 heteroatoms. The molecule has 0 bridgehead atoms. The van der Waals surface area contributed by atoms with Gasteiger partial charge in [-0.05, 0) is 11.6 Å². The van der Waals surface area contributed by atoms with Crippen LogP contribution in [0.4, 0.5) is 0 Å². The molecule has 3 unspecified atom stereocenters. The van der Waals surface area contributed by atoms with Crippen LogP contribution in [0.2, 0.25) is 0 Å². The van der Waals surface area contributed by atoms with E-state index in [1.54, 1.807) is 12.3 Å². The van der Waals surface area contributed by atoms with E-state index in [2.05, 4.69) is 20.9 Å². The highest BCUT2D eigenvalue weighted by Gasteiger charge is 2.28. The van der Waals surface area contributed by atoms with Gasteiger partial charge in [-0.1, -0.05) is 18.2 Å². The van der Waals surface area contributed by atoms with E-state index >= 15 is 0 Å². The van der Waals surface area contributed by atoms with Gasteiger partial charge in [0.05, 0.1) is 13.2 Å². The molecule has 2 rings (SSSR count). The van der Waals surface area contributed by atoms with Crippen molar-refractivity contribution in [3.05, 3.63) is 36.0 Å². The predicted molar refractivity (Wildman–Crippen MR) is 109 cm³/mol. The average Bonchev–Trinajstić information content (AvgIpc) is 3.17. The number of aromatic amines is 1. The summed E-state index contributed by atoms with van der Waals surface area (Å²) in [5, 5.41) is 34.8. The van der Waals surface area contributed by atoms with Crippen LogP contribution in [0.1, 0.15) is 5.56 Å². The summed E-state index contributed by atoms with van der Waals surface area (Å²) in [5.41, 5.74) is 6.89. The normalized spacial score (nSPS) is 13.8. The van der Waals surface area contributed by atoms with E-state index in [1.165, 1.54) is 0 Å². The van der Waals surface area contributed by atoms with Crippen molar-refractivity contribution in [3.8, 4) is 0 Å². The van der Waals surface area contributed by atoms with Gasteiger partial charge in [0.25, 0.3) is 0 Å². The molecule has 2 aromatic rings. The first-order chi connectivity index (χ1) is 14.8. The number of rotatable bonds is 11. The highest BCUT2D eigenvalue weighted by Crippen LogP contribution is 2.19. The van der Waals surface area contributed by atoms with Gasteiger partial charge in [0, 0.05) is 23.5 Å². The average molecular weight is 435 g/mol. The minimum absolute atomic E-state index is 0.0173. The Morgan fingerprint density at radius 1 is 0.968 bits per heavy atom. The number of aliphatic hydroxyl groups excluding tert-OH is 2. The van der Waals surface area contributed by atoms with E-state index in [9.17, 15) is 24.3 Å². The van der Waals surface area contributed by atoms with Crippen LogP contribution in [0.5, 0.6) is 0 Å². The van der Waals surface area contributed by atoms with Gasteiger partial charge in [-0.3, -0.25) is 19.2 Å². The van der Waals surface area contributed by atoms with E-state index in [1.807, 2.05) is 18.2 Å². The second-order valence-corrected chi connectivity index (χ2v) is 6.77. The molecule has 3 amide bonds. The molecule has 0 saturated carbocycles. The zero-order valence-corrected chi connectivity index (χ0v) is 16.5. The number of aliphatic hydroxyl groups is 2. The molecule has 3 atom stereocenters. The molecule has 1 aromatic heterocycles. The third-order valence-electron chi connectivity index (χ3n) is 4.49. The summed E-state index contributed by atoms with van der Waals surface area (Å²) in [6, 6.07) is 3.38. The number of nitrogens with one attached hydrogen (secondary N) is 4. The number of hydrogen-bond donors (Lipinski definition) is 8. The monoisotopic (exact) mass is 435 g/mol. The summed E-state index contributed by atoms with van der Waals surface area (Å²) in [4.78, 5) is 50.7. The van der Waals surface area contributed by atoms with Gasteiger partial charge in [-0.15, -0.1) is 0 Å². The number of aromatic nitrogens is 1. The second-order valence-electron chi connectivity index (χ2n) is 6.77. The number of amides is 3. The van der Waals surface area contributed by atoms with E-state index in [4.69, 9.17) is 15.9 Å². The van der Waals surface area contributed by atoms with Crippen molar-refractivity contribution >= 4 is 34.6 Å². The summed E-state index contributed by atoms with van der Waals surface area (Å²) < 4.78 is 0. The Bertz CT molecular complexity index is 945. The van der Waals surface area contributed by atoms with Gasteiger partial charge in [0.15, 0.2) is 0 Å². The molecule has 31 heavy (non-hydrogen) atoms. The molecular weight excluding hydrogens is 410 g/mol. The molecule has 0 fully saturated rings. The van der Waals surface area contributed by atoms with Gasteiger partial charge in [-0.2, -0.15) is 0 Å². The fourth-order valence-electron chi connectivity index (χ4n) is 2.84. The molecule has 168 valence electrons. The van der Waals surface area contributed by atoms with Gasteiger partial charge in [0.2, 0.25) is 17.7 Å².